The Morgan fingerprint density at radius 3 is 2.57 bits per heavy atom. The molecule has 1 saturated heterocycles. The molecule has 0 saturated carbocycles. The fourth-order valence-corrected chi connectivity index (χ4v) is 3.50. The van der Waals surface area contributed by atoms with Gasteiger partial charge in [-0.15, -0.1) is 0 Å². The van der Waals surface area contributed by atoms with E-state index in [1.54, 1.807) is 39.0 Å². The summed E-state index contributed by atoms with van der Waals surface area (Å²) in [5.41, 5.74) is -1.09. The van der Waals surface area contributed by atoms with E-state index in [9.17, 15) is 14.4 Å². The van der Waals surface area contributed by atoms with Crippen LogP contribution in [0.25, 0.3) is 0 Å². The van der Waals surface area contributed by atoms with E-state index in [1.165, 1.54) is 6.92 Å². The second-order valence-corrected chi connectivity index (χ2v) is 8.57. The SMILES string of the molecule is C[C@H](NC(=O)OC(C)(C)C)C(=O)NC1C(=O)Nc2ccccc2OC12CCOCC2. The zero-order chi connectivity index (χ0) is 21.9. The average Bonchev–Trinajstić information content (AvgIpc) is 2.76. The number of benzene rings is 1. The van der Waals surface area contributed by atoms with Crippen molar-refractivity contribution in [2.24, 2.45) is 0 Å². The van der Waals surface area contributed by atoms with Crippen LogP contribution in [-0.4, -0.2) is 54.4 Å². The van der Waals surface area contributed by atoms with Crippen LogP contribution in [0.1, 0.15) is 40.5 Å². The molecular weight excluding hydrogens is 390 g/mol. The monoisotopic (exact) mass is 419 g/mol. The lowest BCUT2D eigenvalue weighted by Crippen LogP contribution is -2.64. The van der Waals surface area contributed by atoms with Gasteiger partial charge in [-0.25, -0.2) is 4.79 Å². The van der Waals surface area contributed by atoms with Gasteiger partial charge in [-0.1, -0.05) is 12.1 Å². The van der Waals surface area contributed by atoms with E-state index < -0.39 is 35.3 Å². The van der Waals surface area contributed by atoms with Crippen molar-refractivity contribution in [1.29, 1.82) is 0 Å². The van der Waals surface area contributed by atoms with Gasteiger partial charge in [0.15, 0.2) is 0 Å². The molecule has 1 aromatic rings. The van der Waals surface area contributed by atoms with Crippen molar-refractivity contribution in [3.8, 4) is 5.75 Å². The van der Waals surface area contributed by atoms with Crippen molar-refractivity contribution < 1.29 is 28.6 Å². The third kappa shape index (κ3) is 5.02. The molecule has 0 radical (unpaired) electrons. The van der Waals surface area contributed by atoms with Crippen LogP contribution in [0.4, 0.5) is 10.5 Å². The molecule has 30 heavy (non-hydrogen) atoms. The van der Waals surface area contributed by atoms with E-state index in [4.69, 9.17) is 14.2 Å². The molecule has 1 spiro atoms. The van der Waals surface area contributed by atoms with Gasteiger partial charge in [0.2, 0.25) is 5.91 Å². The highest BCUT2D eigenvalue weighted by molar-refractivity contribution is 6.00. The summed E-state index contributed by atoms with van der Waals surface area (Å²) < 4.78 is 17.0. The van der Waals surface area contributed by atoms with E-state index in [0.717, 1.165) is 0 Å². The predicted molar refractivity (Wildman–Crippen MR) is 109 cm³/mol. The maximum Gasteiger partial charge on any atom is 0.408 e. The Hall–Kier alpha value is -2.81. The van der Waals surface area contributed by atoms with Gasteiger partial charge >= 0.3 is 6.09 Å². The van der Waals surface area contributed by atoms with Gasteiger partial charge < -0.3 is 30.2 Å². The summed E-state index contributed by atoms with van der Waals surface area (Å²) >= 11 is 0. The van der Waals surface area contributed by atoms with Gasteiger partial charge in [0.25, 0.3) is 5.91 Å². The number of carbonyl (C=O) groups is 3. The number of amides is 3. The second-order valence-electron chi connectivity index (χ2n) is 8.57. The van der Waals surface area contributed by atoms with Crippen molar-refractivity contribution >= 4 is 23.6 Å². The van der Waals surface area contributed by atoms with Gasteiger partial charge in [0, 0.05) is 12.8 Å². The molecule has 0 aliphatic carbocycles. The largest absolute Gasteiger partial charge is 0.482 e. The van der Waals surface area contributed by atoms with E-state index in [-0.39, 0.29) is 5.91 Å². The quantitative estimate of drug-likeness (QED) is 0.690. The molecule has 2 atom stereocenters. The minimum atomic E-state index is -0.954. The van der Waals surface area contributed by atoms with E-state index in [2.05, 4.69) is 16.0 Å². The molecule has 9 nitrogen and oxygen atoms in total. The number of hydrogen-bond acceptors (Lipinski definition) is 6. The summed E-state index contributed by atoms with van der Waals surface area (Å²) in [5.74, 6) is -0.342. The Morgan fingerprint density at radius 1 is 1.23 bits per heavy atom. The first-order valence-corrected chi connectivity index (χ1v) is 10.1. The van der Waals surface area contributed by atoms with Gasteiger partial charge in [-0.3, -0.25) is 9.59 Å². The lowest BCUT2D eigenvalue weighted by Gasteiger charge is -2.41. The van der Waals surface area contributed by atoms with Crippen LogP contribution in [-0.2, 0) is 19.1 Å². The molecule has 3 N–H and O–H groups in total. The summed E-state index contributed by atoms with van der Waals surface area (Å²) in [5, 5.41) is 8.09. The molecule has 0 aromatic heterocycles. The first-order valence-electron chi connectivity index (χ1n) is 10.1. The Kier molecular flexibility index (Phi) is 6.21. The van der Waals surface area contributed by atoms with Crippen LogP contribution in [0, 0.1) is 0 Å². The van der Waals surface area contributed by atoms with Crippen molar-refractivity contribution in [3.05, 3.63) is 24.3 Å². The molecule has 1 fully saturated rings. The van der Waals surface area contributed by atoms with E-state index >= 15 is 0 Å². The molecule has 9 heteroatoms. The second kappa shape index (κ2) is 8.51. The fraction of sp³-hybridized carbons (Fsp3) is 0.571. The molecular formula is C21H29N3O6. The topological polar surface area (TPSA) is 115 Å². The van der Waals surface area contributed by atoms with Crippen molar-refractivity contribution in [1.82, 2.24) is 10.6 Å². The lowest BCUT2D eigenvalue weighted by molar-refractivity contribution is -0.136. The third-order valence-electron chi connectivity index (χ3n) is 5.00. The van der Waals surface area contributed by atoms with Crippen LogP contribution in [0.3, 0.4) is 0 Å². The minimum Gasteiger partial charge on any atom is -0.482 e. The molecule has 3 amide bonds. The highest BCUT2D eigenvalue weighted by Crippen LogP contribution is 2.38. The Morgan fingerprint density at radius 2 is 1.90 bits per heavy atom. The van der Waals surface area contributed by atoms with E-state index in [1.807, 2.05) is 6.07 Å². The van der Waals surface area contributed by atoms with Gasteiger partial charge in [-0.2, -0.15) is 0 Å². The number of fused-ring (bicyclic) bond motifs is 1. The summed E-state index contributed by atoms with van der Waals surface area (Å²) in [4.78, 5) is 37.9. The van der Waals surface area contributed by atoms with Crippen LogP contribution >= 0.6 is 0 Å². The first-order chi connectivity index (χ1) is 14.1. The molecule has 1 aromatic carbocycles. The molecule has 2 heterocycles. The van der Waals surface area contributed by atoms with E-state index in [0.29, 0.717) is 37.5 Å². The summed E-state index contributed by atoms with van der Waals surface area (Å²) in [6.45, 7) is 7.55. The maximum atomic E-state index is 13.1. The number of alkyl carbamates (subject to hydrolysis) is 1. The number of para-hydroxylation sites is 2. The Labute approximate surface area is 175 Å². The Bertz CT molecular complexity index is 813. The van der Waals surface area contributed by atoms with Gasteiger partial charge in [0.1, 0.15) is 29.0 Å². The third-order valence-corrected chi connectivity index (χ3v) is 5.00. The molecule has 3 rings (SSSR count). The van der Waals surface area contributed by atoms with Gasteiger partial charge in [0.05, 0.1) is 18.9 Å². The van der Waals surface area contributed by atoms with Gasteiger partial charge in [-0.05, 0) is 39.8 Å². The highest BCUT2D eigenvalue weighted by Gasteiger charge is 2.49. The van der Waals surface area contributed by atoms with Crippen LogP contribution in [0.15, 0.2) is 24.3 Å². The van der Waals surface area contributed by atoms with Crippen molar-refractivity contribution in [3.63, 3.8) is 0 Å². The van der Waals surface area contributed by atoms with Crippen LogP contribution in [0.5, 0.6) is 5.75 Å². The lowest BCUT2D eigenvalue weighted by atomic mass is 9.85. The minimum absolute atomic E-state index is 0.375. The van der Waals surface area contributed by atoms with Crippen LogP contribution in [0.2, 0.25) is 0 Å². The number of hydrogen-bond donors (Lipinski definition) is 3. The average molecular weight is 419 g/mol. The normalized spacial score (nSPS) is 21.3. The highest BCUT2D eigenvalue weighted by atomic mass is 16.6. The smallest absolute Gasteiger partial charge is 0.408 e. The molecule has 164 valence electrons. The summed E-state index contributed by atoms with van der Waals surface area (Å²) in [6.07, 6.45) is 0.168. The molecule has 0 bridgehead atoms. The molecule has 2 aliphatic heterocycles. The Balaban J connectivity index is 1.78. The van der Waals surface area contributed by atoms with Crippen molar-refractivity contribution in [2.75, 3.05) is 18.5 Å². The number of rotatable bonds is 3. The zero-order valence-corrected chi connectivity index (χ0v) is 17.7. The maximum absolute atomic E-state index is 13.1. The molecule has 1 unspecified atom stereocenters. The van der Waals surface area contributed by atoms with Crippen molar-refractivity contribution in [2.45, 2.75) is 63.8 Å². The predicted octanol–water partition coefficient (Wildman–Crippen LogP) is 1.96. The molecule has 2 aliphatic rings. The number of carbonyl (C=O) groups excluding carboxylic acids is 3. The number of ether oxygens (including phenoxy) is 3. The first kappa shape index (κ1) is 21.9. The standard InChI is InChI=1S/C21H29N3O6/c1-13(22-19(27)30-20(2,3)4)17(25)24-16-18(26)23-14-7-5-6-8-15(14)29-21(16)9-11-28-12-10-21/h5-8,13,16H,9-12H2,1-4H3,(H,22,27)(H,23,26)(H,24,25)/t13-,16?/m0/s1. The number of nitrogens with one attached hydrogen (secondary N) is 3. The summed E-state index contributed by atoms with van der Waals surface area (Å²) in [6, 6.07) is 5.29. The number of anilines is 1. The fourth-order valence-electron chi connectivity index (χ4n) is 3.50. The summed E-state index contributed by atoms with van der Waals surface area (Å²) in [7, 11) is 0. The van der Waals surface area contributed by atoms with Crippen LogP contribution < -0.4 is 20.7 Å². The zero-order valence-electron chi connectivity index (χ0n) is 17.7.